The van der Waals surface area contributed by atoms with Crippen LogP contribution in [0.5, 0.6) is 0 Å². The first-order valence-electron chi connectivity index (χ1n) is 6.22. The lowest BCUT2D eigenvalue weighted by Gasteiger charge is -2.02. The summed E-state index contributed by atoms with van der Waals surface area (Å²) in [6.45, 7) is 0. The van der Waals surface area contributed by atoms with E-state index in [0.29, 0.717) is 0 Å². The number of para-hydroxylation sites is 2. The van der Waals surface area contributed by atoms with Crippen molar-refractivity contribution in [1.29, 1.82) is 0 Å². The highest BCUT2D eigenvalue weighted by molar-refractivity contribution is 6.08. The molecule has 0 aliphatic heterocycles. The summed E-state index contributed by atoms with van der Waals surface area (Å²) in [7, 11) is 1.99. The van der Waals surface area contributed by atoms with E-state index in [4.69, 9.17) is 4.42 Å². The fraction of sp³-hybridized carbons (Fsp3) is 0.0625. The summed E-state index contributed by atoms with van der Waals surface area (Å²) < 4.78 is 8.01. The SMILES string of the molecule is Cn1ccnc1-c1cccc2c1oc1ccccc12. The lowest BCUT2D eigenvalue weighted by Crippen LogP contribution is -1.91. The van der Waals surface area contributed by atoms with Crippen LogP contribution in [0.3, 0.4) is 0 Å². The highest BCUT2D eigenvalue weighted by Crippen LogP contribution is 2.34. The first-order chi connectivity index (χ1) is 9.34. The summed E-state index contributed by atoms with van der Waals surface area (Å²) in [5.74, 6) is 0.921. The number of aromatic nitrogens is 2. The molecule has 0 aliphatic carbocycles. The first kappa shape index (κ1) is 10.4. The lowest BCUT2D eigenvalue weighted by molar-refractivity contribution is 0.669. The highest BCUT2D eigenvalue weighted by atomic mass is 16.3. The number of nitrogens with zero attached hydrogens (tertiary/aromatic N) is 2. The Labute approximate surface area is 110 Å². The van der Waals surface area contributed by atoms with E-state index in [1.807, 2.05) is 48.1 Å². The summed E-state index contributed by atoms with van der Waals surface area (Å²) in [6, 6.07) is 14.3. The summed E-state index contributed by atoms with van der Waals surface area (Å²) in [4.78, 5) is 4.41. The third-order valence-electron chi connectivity index (χ3n) is 3.47. The standard InChI is InChI=1S/C16H12N2O/c1-18-10-9-17-16(18)13-7-4-6-12-11-5-2-3-8-14(11)19-15(12)13/h2-10H,1H3. The minimum atomic E-state index is 0.901. The van der Waals surface area contributed by atoms with E-state index >= 15 is 0 Å². The monoisotopic (exact) mass is 248 g/mol. The van der Waals surface area contributed by atoms with Gasteiger partial charge in [-0.2, -0.15) is 0 Å². The van der Waals surface area contributed by atoms with Gasteiger partial charge in [-0.1, -0.05) is 30.3 Å². The molecule has 0 unspecified atom stereocenters. The van der Waals surface area contributed by atoms with Crippen LogP contribution in [0.15, 0.2) is 59.3 Å². The zero-order valence-electron chi connectivity index (χ0n) is 10.5. The largest absolute Gasteiger partial charge is 0.455 e. The molecule has 0 bridgehead atoms. The van der Waals surface area contributed by atoms with Gasteiger partial charge in [-0.15, -0.1) is 0 Å². The van der Waals surface area contributed by atoms with Crippen molar-refractivity contribution in [3.8, 4) is 11.4 Å². The Balaban J connectivity index is 2.15. The molecule has 2 heterocycles. The molecule has 0 spiro atoms. The molecule has 3 heteroatoms. The number of fused-ring (bicyclic) bond motifs is 3. The van der Waals surface area contributed by atoms with Gasteiger partial charge in [-0.3, -0.25) is 0 Å². The van der Waals surface area contributed by atoms with Crippen molar-refractivity contribution < 1.29 is 4.42 Å². The number of benzene rings is 2. The first-order valence-corrected chi connectivity index (χ1v) is 6.22. The van der Waals surface area contributed by atoms with E-state index in [1.165, 1.54) is 0 Å². The van der Waals surface area contributed by atoms with E-state index in [0.717, 1.165) is 33.3 Å². The molecule has 0 saturated carbocycles. The molecule has 0 fully saturated rings. The van der Waals surface area contributed by atoms with E-state index in [-0.39, 0.29) is 0 Å². The minimum Gasteiger partial charge on any atom is -0.455 e. The van der Waals surface area contributed by atoms with Gasteiger partial charge in [0.25, 0.3) is 0 Å². The van der Waals surface area contributed by atoms with Gasteiger partial charge < -0.3 is 8.98 Å². The summed E-state index contributed by atoms with van der Waals surface area (Å²) >= 11 is 0. The molecule has 0 aliphatic rings. The lowest BCUT2D eigenvalue weighted by atomic mass is 10.1. The second-order valence-electron chi connectivity index (χ2n) is 4.64. The van der Waals surface area contributed by atoms with Crippen molar-refractivity contribution in [2.45, 2.75) is 0 Å². The number of aryl methyl sites for hydroxylation is 1. The molecule has 0 N–H and O–H groups in total. The Morgan fingerprint density at radius 3 is 2.68 bits per heavy atom. The van der Waals surface area contributed by atoms with Gasteiger partial charge in [0.2, 0.25) is 0 Å². The third kappa shape index (κ3) is 1.41. The zero-order valence-corrected chi connectivity index (χ0v) is 10.5. The van der Waals surface area contributed by atoms with Crippen LogP contribution in [0.4, 0.5) is 0 Å². The topological polar surface area (TPSA) is 31.0 Å². The van der Waals surface area contributed by atoms with Crippen LogP contribution < -0.4 is 0 Å². The molecule has 4 rings (SSSR count). The summed E-state index contributed by atoms with van der Waals surface area (Å²) in [6.07, 6.45) is 3.74. The Bertz CT molecular complexity index is 886. The average Bonchev–Trinajstić information content (AvgIpc) is 3.02. The van der Waals surface area contributed by atoms with Gasteiger partial charge in [-0.05, 0) is 12.1 Å². The molecular weight excluding hydrogens is 236 g/mol. The van der Waals surface area contributed by atoms with Gasteiger partial charge in [-0.25, -0.2) is 4.98 Å². The van der Waals surface area contributed by atoms with Crippen molar-refractivity contribution in [2.24, 2.45) is 7.05 Å². The normalized spacial score (nSPS) is 11.4. The van der Waals surface area contributed by atoms with E-state index in [2.05, 4.69) is 17.1 Å². The number of hydrogen-bond donors (Lipinski definition) is 0. The maximum absolute atomic E-state index is 6.01. The highest BCUT2D eigenvalue weighted by Gasteiger charge is 2.13. The van der Waals surface area contributed by atoms with Crippen molar-refractivity contribution in [2.75, 3.05) is 0 Å². The van der Waals surface area contributed by atoms with Crippen molar-refractivity contribution in [3.05, 3.63) is 54.9 Å². The molecule has 3 nitrogen and oxygen atoms in total. The molecule has 0 radical (unpaired) electrons. The predicted octanol–water partition coefficient (Wildman–Crippen LogP) is 3.99. The maximum atomic E-state index is 6.01. The molecule has 19 heavy (non-hydrogen) atoms. The van der Waals surface area contributed by atoms with Gasteiger partial charge in [0, 0.05) is 30.2 Å². The van der Waals surface area contributed by atoms with Gasteiger partial charge in [0.05, 0.1) is 5.56 Å². The number of imidazole rings is 1. The molecule has 2 aromatic carbocycles. The van der Waals surface area contributed by atoms with Crippen molar-refractivity contribution in [3.63, 3.8) is 0 Å². The van der Waals surface area contributed by atoms with Gasteiger partial charge in [0.15, 0.2) is 0 Å². The second kappa shape index (κ2) is 3.72. The van der Waals surface area contributed by atoms with Gasteiger partial charge in [0.1, 0.15) is 17.0 Å². The number of furan rings is 1. The van der Waals surface area contributed by atoms with Crippen LogP contribution in [0, 0.1) is 0 Å². The molecule has 0 saturated heterocycles. The van der Waals surface area contributed by atoms with Gasteiger partial charge >= 0.3 is 0 Å². The summed E-state index contributed by atoms with van der Waals surface area (Å²) in [5, 5.41) is 2.28. The Morgan fingerprint density at radius 2 is 1.84 bits per heavy atom. The van der Waals surface area contributed by atoms with Crippen molar-refractivity contribution in [1.82, 2.24) is 9.55 Å². The van der Waals surface area contributed by atoms with Crippen LogP contribution in [-0.4, -0.2) is 9.55 Å². The number of rotatable bonds is 1. The van der Waals surface area contributed by atoms with Crippen LogP contribution in [-0.2, 0) is 7.05 Å². The average molecular weight is 248 g/mol. The maximum Gasteiger partial charge on any atom is 0.146 e. The molecule has 2 aromatic heterocycles. The van der Waals surface area contributed by atoms with Crippen molar-refractivity contribution >= 4 is 21.9 Å². The molecule has 0 atom stereocenters. The van der Waals surface area contributed by atoms with Crippen LogP contribution in [0.25, 0.3) is 33.3 Å². The Hall–Kier alpha value is -2.55. The molecule has 92 valence electrons. The van der Waals surface area contributed by atoms with E-state index < -0.39 is 0 Å². The molecular formula is C16H12N2O. The smallest absolute Gasteiger partial charge is 0.146 e. The Kier molecular flexibility index (Phi) is 2.03. The third-order valence-corrected chi connectivity index (χ3v) is 3.47. The fourth-order valence-corrected chi connectivity index (χ4v) is 2.55. The second-order valence-corrected chi connectivity index (χ2v) is 4.64. The van der Waals surface area contributed by atoms with Crippen LogP contribution in [0.1, 0.15) is 0 Å². The number of hydrogen-bond acceptors (Lipinski definition) is 2. The molecule has 4 aromatic rings. The minimum absolute atomic E-state index is 0.901. The van der Waals surface area contributed by atoms with E-state index in [9.17, 15) is 0 Å². The predicted molar refractivity (Wildman–Crippen MR) is 75.9 cm³/mol. The summed E-state index contributed by atoms with van der Waals surface area (Å²) in [5.41, 5.74) is 2.85. The van der Waals surface area contributed by atoms with Crippen LogP contribution in [0.2, 0.25) is 0 Å². The van der Waals surface area contributed by atoms with Crippen LogP contribution >= 0.6 is 0 Å². The zero-order chi connectivity index (χ0) is 12.8. The Morgan fingerprint density at radius 1 is 1.00 bits per heavy atom. The quantitative estimate of drug-likeness (QED) is 0.510. The van der Waals surface area contributed by atoms with E-state index in [1.54, 1.807) is 6.20 Å². The fourth-order valence-electron chi connectivity index (χ4n) is 2.55. The molecule has 0 amide bonds.